The zero-order valence-electron chi connectivity index (χ0n) is 33.7. The van der Waals surface area contributed by atoms with Gasteiger partial charge in [-0.05, 0) is 78.7 Å². The number of carbonyl (C=O) groups excluding carboxylic acids is 5. The average molecular weight is 828 g/mol. The zero-order chi connectivity index (χ0) is 43.3. The number of phenols is 1. The minimum Gasteiger partial charge on any atom is -0.508 e. The van der Waals surface area contributed by atoms with Crippen LogP contribution in [0.2, 0.25) is 0 Å². The van der Waals surface area contributed by atoms with Crippen LogP contribution < -0.4 is 38.5 Å². The van der Waals surface area contributed by atoms with Crippen LogP contribution in [0, 0.1) is 0 Å². The van der Waals surface area contributed by atoms with Crippen molar-refractivity contribution in [3.63, 3.8) is 0 Å². The second-order valence-corrected chi connectivity index (χ2v) is 15.2. The van der Waals surface area contributed by atoms with Crippen molar-refractivity contribution in [3.05, 3.63) is 138 Å². The number of aromatic amines is 2. The number of hydrogen-bond donors (Lipinski definition) is 10. The van der Waals surface area contributed by atoms with Crippen molar-refractivity contribution in [3.8, 4) is 5.75 Å². The Kier molecular flexibility index (Phi) is 14.9. The molecule has 0 bridgehead atoms. The Morgan fingerprint density at radius 2 is 1.02 bits per heavy atom. The largest absolute Gasteiger partial charge is 0.508 e. The van der Waals surface area contributed by atoms with Gasteiger partial charge in [0.2, 0.25) is 29.5 Å². The van der Waals surface area contributed by atoms with Crippen molar-refractivity contribution in [1.29, 1.82) is 0 Å². The molecule has 6 aromatic rings. The molecule has 0 fully saturated rings. The Balaban J connectivity index is 1.25. The Bertz CT molecular complexity index is 2430. The highest BCUT2D eigenvalue weighted by molar-refractivity contribution is 5.97. The number of aromatic nitrogens is 2. The lowest BCUT2D eigenvalue weighted by Gasteiger charge is -2.27. The summed E-state index contributed by atoms with van der Waals surface area (Å²) in [6.07, 6.45) is 5.09. The van der Waals surface area contributed by atoms with Crippen molar-refractivity contribution in [2.75, 3.05) is 6.54 Å². The molecule has 4 aromatic carbocycles. The molecule has 0 saturated carbocycles. The molecule has 6 rings (SSSR count). The monoisotopic (exact) mass is 827 g/mol. The van der Waals surface area contributed by atoms with Crippen LogP contribution in [0.15, 0.2) is 116 Å². The molecule has 61 heavy (non-hydrogen) atoms. The van der Waals surface area contributed by atoms with Crippen molar-refractivity contribution >= 4 is 51.3 Å². The summed E-state index contributed by atoms with van der Waals surface area (Å²) in [4.78, 5) is 75.6. The van der Waals surface area contributed by atoms with Gasteiger partial charge in [0.05, 0.1) is 6.04 Å². The Morgan fingerprint density at radius 3 is 1.57 bits per heavy atom. The fraction of sp³-hybridized carbons (Fsp3) is 0.283. The van der Waals surface area contributed by atoms with Gasteiger partial charge >= 0.3 is 0 Å². The molecule has 0 radical (unpaired) electrons. The maximum atomic E-state index is 14.4. The lowest BCUT2D eigenvalue weighted by atomic mass is 10.0. The van der Waals surface area contributed by atoms with Gasteiger partial charge in [-0.1, -0.05) is 78.9 Å². The first-order valence-electron chi connectivity index (χ1n) is 20.4. The molecule has 0 spiro atoms. The third-order valence-electron chi connectivity index (χ3n) is 10.7. The predicted molar refractivity (Wildman–Crippen MR) is 234 cm³/mol. The van der Waals surface area contributed by atoms with Gasteiger partial charge < -0.3 is 53.5 Å². The first kappa shape index (κ1) is 43.6. The third kappa shape index (κ3) is 11.8. The van der Waals surface area contributed by atoms with E-state index in [1.165, 1.54) is 12.1 Å². The van der Waals surface area contributed by atoms with Gasteiger partial charge in [-0.25, -0.2) is 0 Å². The van der Waals surface area contributed by atoms with Gasteiger partial charge in [-0.3, -0.25) is 24.0 Å². The van der Waals surface area contributed by atoms with Crippen LogP contribution in [0.25, 0.3) is 21.8 Å². The number of rotatable bonds is 21. The molecule has 0 aliphatic carbocycles. The molecule has 0 aliphatic heterocycles. The molecule has 5 atom stereocenters. The summed E-state index contributed by atoms with van der Waals surface area (Å²) in [7, 11) is 0. The van der Waals surface area contributed by atoms with Crippen molar-refractivity contribution in [2.24, 2.45) is 17.2 Å². The number of nitrogens with two attached hydrogens (primary N) is 3. The van der Waals surface area contributed by atoms with Crippen LogP contribution in [-0.4, -0.2) is 81.4 Å². The van der Waals surface area contributed by atoms with Crippen molar-refractivity contribution in [2.45, 2.75) is 75.2 Å². The number of nitrogens with one attached hydrogen (secondary N) is 6. The highest BCUT2D eigenvalue weighted by Gasteiger charge is 2.32. The summed E-state index contributed by atoms with van der Waals surface area (Å²) < 4.78 is 0. The van der Waals surface area contributed by atoms with E-state index in [1.54, 1.807) is 24.5 Å². The molecular weight excluding hydrogens is 775 g/mol. The number of hydrogen-bond acceptors (Lipinski definition) is 8. The number of carbonyl (C=O) groups is 5. The molecule has 15 nitrogen and oxygen atoms in total. The van der Waals surface area contributed by atoms with E-state index in [4.69, 9.17) is 17.2 Å². The fourth-order valence-corrected chi connectivity index (χ4v) is 7.37. The minimum absolute atomic E-state index is 0.0417. The van der Waals surface area contributed by atoms with E-state index in [1.807, 2.05) is 78.9 Å². The second kappa shape index (κ2) is 20.8. The summed E-state index contributed by atoms with van der Waals surface area (Å²) in [5, 5.41) is 22.7. The molecule has 0 aliphatic rings. The number of primary amides is 1. The van der Waals surface area contributed by atoms with Gasteiger partial charge in [-0.15, -0.1) is 0 Å². The quantitative estimate of drug-likeness (QED) is 0.0481. The molecular formula is C46H53N9O6. The number of aromatic hydroxyl groups is 1. The van der Waals surface area contributed by atoms with Crippen LogP contribution in [0.5, 0.6) is 5.75 Å². The fourth-order valence-electron chi connectivity index (χ4n) is 7.37. The first-order chi connectivity index (χ1) is 29.5. The van der Waals surface area contributed by atoms with Crippen LogP contribution in [0.3, 0.4) is 0 Å². The topological polar surface area (TPSA) is 263 Å². The predicted octanol–water partition coefficient (Wildman–Crippen LogP) is 2.51. The molecule has 2 aromatic heterocycles. The Hall–Kier alpha value is -6.97. The van der Waals surface area contributed by atoms with Crippen molar-refractivity contribution < 1.29 is 29.1 Å². The van der Waals surface area contributed by atoms with Gasteiger partial charge in [0.25, 0.3) is 0 Å². The molecule has 2 heterocycles. The number of phenolic OH excluding ortho intramolecular Hbond substituents is 1. The van der Waals surface area contributed by atoms with E-state index in [0.717, 1.165) is 38.5 Å². The maximum Gasteiger partial charge on any atom is 0.243 e. The second-order valence-electron chi connectivity index (χ2n) is 15.2. The number of fused-ring (bicyclic) bond motifs is 2. The Labute approximate surface area is 353 Å². The van der Waals surface area contributed by atoms with Crippen LogP contribution in [0.4, 0.5) is 0 Å². The molecule has 5 amide bonds. The SMILES string of the molecule is NCCCC[C@@H](NC(=O)[C@@H](Cc1c[nH]c2ccccc12)NC(=O)[C@@H](N)Cc1ccc(O)cc1)C(=O)N[C@@H](Cc1c[nH]c2ccccc12)C(=O)N[C@H](Cc1ccccc1)C(N)=O. The smallest absolute Gasteiger partial charge is 0.243 e. The van der Waals surface area contributed by atoms with E-state index in [0.29, 0.717) is 24.9 Å². The average Bonchev–Trinajstić information content (AvgIpc) is 3.87. The number of H-pyrrole nitrogens is 2. The van der Waals surface area contributed by atoms with E-state index in [-0.39, 0.29) is 37.9 Å². The normalized spacial score (nSPS) is 13.7. The van der Waals surface area contributed by atoms with Crippen molar-refractivity contribution in [1.82, 2.24) is 31.2 Å². The maximum absolute atomic E-state index is 14.4. The highest BCUT2D eigenvalue weighted by Crippen LogP contribution is 2.21. The zero-order valence-corrected chi connectivity index (χ0v) is 33.7. The summed E-state index contributed by atoms with van der Waals surface area (Å²) in [6, 6.07) is 24.9. The molecule has 15 heteroatoms. The minimum atomic E-state index is -1.20. The molecule has 318 valence electrons. The lowest BCUT2D eigenvalue weighted by molar-refractivity contribution is -0.134. The number of benzene rings is 4. The number of para-hydroxylation sites is 2. The van der Waals surface area contributed by atoms with E-state index in [9.17, 15) is 29.1 Å². The molecule has 13 N–H and O–H groups in total. The highest BCUT2D eigenvalue weighted by atomic mass is 16.3. The third-order valence-corrected chi connectivity index (χ3v) is 10.7. The van der Waals surface area contributed by atoms with Crippen LogP contribution in [-0.2, 0) is 49.7 Å². The van der Waals surface area contributed by atoms with Gasteiger partial charge in [0.1, 0.15) is 29.9 Å². The Morgan fingerprint density at radius 1 is 0.541 bits per heavy atom. The summed E-state index contributed by atoms with van der Waals surface area (Å²) in [5.41, 5.74) is 22.6. The number of unbranched alkanes of at least 4 members (excludes halogenated alkanes) is 1. The van der Waals surface area contributed by atoms with E-state index >= 15 is 0 Å². The summed E-state index contributed by atoms with van der Waals surface area (Å²) >= 11 is 0. The first-order valence-corrected chi connectivity index (χ1v) is 20.4. The molecule has 0 saturated heterocycles. The standard InChI is InChI=1S/C46H53N9O6/c47-21-9-8-16-38(52-45(60)40(24-30-26-50-36-14-6-4-12-33(30)36)54-43(58)35(48)22-29-17-19-32(56)20-18-29)44(59)55-41(25-31-27-51-37-15-7-5-13-34(31)37)46(61)53-39(42(49)57)23-28-10-2-1-3-11-28/h1-7,10-15,17-20,26-27,35,38-41,50-51,56H,8-9,16,21-25,47-48H2,(H2,49,57)(H,52,60)(H,53,61)(H,54,58)(H,55,59)/t35-,38+,39+,40+,41-/m0/s1. The molecule has 0 unspecified atom stereocenters. The van der Waals surface area contributed by atoms with Crippen LogP contribution >= 0.6 is 0 Å². The lowest BCUT2D eigenvalue weighted by Crippen LogP contribution is -2.59. The van der Waals surface area contributed by atoms with Crippen LogP contribution in [0.1, 0.15) is 41.5 Å². The van der Waals surface area contributed by atoms with E-state index < -0.39 is 59.7 Å². The van der Waals surface area contributed by atoms with E-state index in [2.05, 4.69) is 31.2 Å². The van der Waals surface area contributed by atoms with Gasteiger partial charge in [0, 0.05) is 53.5 Å². The number of amides is 5. The summed E-state index contributed by atoms with van der Waals surface area (Å²) in [5.74, 6) is -3.19. The summed E-state index contributed by atoms with van der Waals surface area (Å²) in [6.45, 7) is 0.349. The van der Waals surface area contributed by atoms with Gasteiger partial charge in [0.15, 0.2) is 0 Å². The van der Waals surface area contributed by atoms with Gasteiger partial charge in [-0.2, -0.15) is 0 Å².